The lowest BCUT2D eigenvalue weighted by atomic mass is 10.0. The molecule has 0 saturated carbocycles. The first kappa shape index (κ1) is 14.6. The molecule has 0 bridgehead atoms. The molecule has 1 saturated heterocycles. The smallest absolute Gasteiger partial charge is 0.337 e. The molecule has 2 aromatic carbocycles. The summed E-state index contributed by atoms with van der Waals surface area (Å²) in [7, 11) is 0. The number of para-hydroxylation sites is 1. The van der Waals surface area contributed by atoms with E-state index in [1.54, 1.807) is 12.1 Å². The summed E-state index contributed by atoms with van der Waals surface area (Å²) < 4.78 is 0. The fraction of sp³-hybridized carbons (Fsp3) is 0.278. The number of nitrogens with zero attached hydrogens (tertiary/aromatic N) is 1. The number of carboxylic acid groups (broad SMARTS) is 1. The highest BCUT2D eigenvalue weighted by Crippen LogP contribution is 2.25. The summed E-state index contributed by atoms with van der Waals surface area (Å²) in [6, 6.07) is 17.9. The van der Waals surface area contributed by atoms with Crippen LogP contribution in [0.15, 0.2) is 54.6 Å². The third-order valence-electron chi connectivity index (χ3n) is 4.11. The molecule has 22 heavy (non-hydrogen) atoms. The van der Waals surface area contributed by atoms with Crippen LogP contribution in [-0.2, 0) is 6.42 Å². The minimum absolute atomic E-state index is 0.261. The van der Waals surface area contributed by atoms with Crippen LogP contribution in [0.4, 0.5) is 5.69 Å². The number of benzene rings is 2. The second-order valence-corrected chi connectivity index (χ2v) is 5.56. The Kier molecular flexibility index (Phi) is 4.39. The Hall–Kier alpha value is -2.33. The number of hydrogen-bond donors (Lipinski definition) is 2. The van der Waals surface area contributed by atoms with Crippen molar-refractivity contribution in [1.82, 2.24) is 5.32 Å². The predicted octanol–water partition coefficient (Wildman–Crippen LogP) is 2.41. The Labute approximate surface area is 130 Å². The zero-order valence-corrected chi connectivity index (χ0v) is 12.4. The number of anilines is 1. The topological polar surface area (TPSA) is 52.6 Å². The molecule has 0 unspecified atom stereocenters. The van der Waals surface area contributed by atoms with Crippen LogP contribution in [0.25, 0.3) is 0 Å². The molecule has 2 N–H and O–H groups in total. The van der Waals surface area contributed by atoms with Crippen LogP contribution in [0.5, 0.6) is 0 Å². The molecular weight excluding hydrogens is 276 g/mol. The van der Waals surface area contributed by atoms with Crippen molar-refractivity contribution < 1.29 is 9.90 Å². The Morgan fingerprint density at radius 3 is 2.64 bits per heavy atom. The lowest BCUT2D eigenvalue weighted by Crippen LogP contribution is -2.52. The molecule has 114 valence electrons. The largest absolute Gasteiger partial charge is 0.478 e. The molecule has 1 aliphatic rings. The quantitative estimate of drug-likeness (QED) is 0.910. The van der Waals surface area contributed by atoms with Crippen LogP contribution in [0.1, 0.15) is 15.9 Å². The van der Waals surface area contributed by atoms with Crippen molar-refractivity contribution in [1.29, 1.82) is 0 Å². The van der Waals surface area contributed by atoms with Crippen LogP contribution in [0, 0.1) is 0 Å². The van der Waals surface area contributed by atoms with Crippen molar-refractivity contribution in [3.63, 3.8) is 0 Å². The molecule has 0 radical (unpaired) electrons. The predicted molar refractivity (Wildman–Crippen MR) is 87.6 cm³/mol. The number of aromatic carboxylic acids is 1. The highest BCUT2D eigenvalue weighted by molar-refractivity contribution is 5.94. The number of piperazine rings is 1. The molecular formula is C18H20N2O2. The van der Waals surface area contributed by atoms with Gasteiger partial charge in [0.2, 0.25) is 0 Å². The first-order valence-electron chi connectivity index (χ1n) is 7.59. The highest BCUT2D eigenvalue weighted by atomic mass is 16.4. The zero-order chi connectivity index (χ0) is 15.4. The van der Waals surface area contributed by atoms with Crippen molar-refractivity contribution in [2.75, 3.05) is 24.5 Å². The Bertz CT molecular complexity index is 643. The Balaban J connectivity index is 1.88. The summed E-state index contributed by atoms with van der Waals surface area (Å²) in [5.41, 5.74) is 2.47. The SMILES string of the molecule is O=C(O)c1ccccc1N1CCNC[C@@H]1Cc1ccccc1. The van der Waals surface area contributed by atoms with Gasteiger partial charge in [-0.3, -0.25) is 0 Å². The van der Waals surface area contributed by atoms with Crippen molar-refractivity contribution in [2.45, 2.75) is 12.5 Å². The molecule has 4 nitrogen and oxygen atoms in total. The molecule has 1 atom stereocenters. The minimum atomic E-state index is -0.868. The minimum Gasteiger partial charge on any atom is -0.478 e. The van der Waals surface area contributed by atoms with E-state index in [0.29, 0.717) is 5.56 Å². The molecule has 4 heteroatoms. The summed E-state index contributed by atoms with van der Waals surface area (Å²) in [6.45, 7) is 2.56. The van der Waals surface area contributed by atoms with Crippen LogP contribution in [0.3, 0.4) is 0 Å². The second kappa shape index (κ2) is 6.62. The number of hydrogen-bond acceptors (Lipinski definition) is 3. The van der Waals surface area contributed by atoms with Crippen LogP contribution in [-0.4, -0.2) is 36.8 Å². The van der Waals surface area contributed by atoms with Crippen molar-refractivity contribution >= 4 is 11.7 Å². The summed E-state index contributed by atoms with van der Waals surface area (Å²) in [4.78, 5) is 13.7. The number of nitrogens with one attached hydrogen (secondary N) is 1. The lowest BCUT2D eigenvalue weighted by molar-refractivity contribution is 0.0697. The van der Waals surface area contributed by atoms with Crippen LogP contribution < -0.4 is 10.2 Å². The van der Waals surface area contributed by atoms with E-state index in [1.807, 2.05) is 30.3 Å². The first-order chi connectivity index (χ1) is 10.8. The van der Waals surface area contributed by atoms with Crippen LogP contribution >= 0.6 is 0 Å². The first-order valence-corrected chi connectivity index (χ1v) is 7.59. The van der Waals surface area contributed by atoms with E-state index in [1.165, 1.54) is 5.56 Å². The van der Waals surface area contributed by atoms with E-state index < -0.39 is 5.97 Å². The third-order valence-corrected chi connectivity index (χ3v) is 4.11. The molecule has 1 fully saturated rings. The zero-order valence-electron chi connectivity index (χ0n) is 12.4. The van der Waals surface area contributed by atoms with Gasteiger partial charge in [0.05, 0.1) is 11.3 Å². The number of carboxylic acids is 1. The molecule has 1 aliphatic heterocycles. The highest BCUT2D eigenvalue weighted by Gasteiger charge is 2.25. The number of carbonyl (C=O) groups is 1. The number of rotatable bonds is 4. The van der Waals surface area contributed by atoms with E-state index in [0.717, 1.165) is 31.7 Å². The molecule has 1 heterocycles. The normalized spacial score (nSPS) is 18.2. The van der Waals surface area contributed by atoms with Gasteiger partial charge in [-0.25, -0.2) is 4.79 Å². The maximum atomic E-state index is 11.5. The van der Waals surface area contributed by atoms with Gasteiger partial charge in [-0.2, -0.15) is 0 Å². The van der Waals surface area contributed by atoms with Gasteiger partial charge in [0.1, 0.15) is 0 Å². The van der Waals surface area contributed by atoms with Crippen molar-refractivity contribution in [3.05, 3.63) is 65.7 Å². The second-order valence-electron chi connectivity index (χ2n) is 5.56. The lowest BCUT2D eigenvalue weighted by Gasteiger charge is -2.38. The van der Waals surface area contributed by atoms with Gasteiger partial charge < -0.3 is 15.3 Å². The van der Waals surface area contributed by atoms with E-state index in [2.05, 4.69) is 22.3 Å². The molecule has 0 aliphatic carbocycles. The van der Waals surface area contributed by atoms with Crippen LogP contribution in [0.2, 0.25) is 0 Å². The molecule has 2 aromatic rings. The standard InChI is InChI=1S/C18H20N2O2/c21-18(22)16-8-4-5-9-17(16)20-11-10-19-13-15(20)12-14-6-2-1-3-7-14/h1-9,15,19H,10-13H2,(H,21,22)/t15-/m0/s1. The third kappa shape index (κ3) is 3.12. The molecule has 3 rings (SSSR count). The van der Waals surface area contributed by atoms with Crippen molar-refractivity contribution in [3.8, 4) is 0 Å². The average molecular weight is 296 g/mol. The Morgan fingerprint density at radius 1 is 1.14 bits per heavy atom. The van der Waals surface area contributed by atoms with Gasteiger partial charge >= 0.3 is 5.97 Å². The van der Waals surface area contributed by atoms with Gasteiger partial charge in [0.15, 0.2) is 0 Å². The Morgan fingerprint density at radius 2 is 1.86 bits per heavy atom. The van der Waals surface area contributed by atoms with Gasteiger partial charge in [-0.15, -0.1) is 0 Å². The summed E-state index contributed by atoms with van der Waals surface area (Å²) >= 11 is 0. The monoisotopic (exact) mass is 296 g/mol. The fourth-order valence-corrected chi connectivity index (χ4v) is 3.05. The van der Waals surface area contributed by atoms with E-state index >= 15 is 0 Å². The van der Waals surface area contributed by atoms with E-state index in [9.17, 15) is 9.90 Å². The van der Waals surface area contributed by atoms with E-state index in [-0.39, 0.29) is 6.04 Å². The van der Waals surface area contributed by atoms with Gasteiger partial charge in [0.25, 0.3) is 0 Å². The summed E-state index contributed by atoms with van der Waals surface area (Å²) in [6.07, 6.45) is 0.905. The van der Waals surface area contributed by atoms with Gasteiger partial charge in [0, 0.05) is 25.7 Å². The average Bonchev–Trinajstić information content (AvgIpc) is 2.56. The summed E-state index contributed by atoms with van der Waals surface area (Å²) in [5, 5.41) is 12.8. The molecule has 0 spiro atoms. The van der Waals surface area contributed by atoms with Crippen molar-refractivity contribution in [2.24, 2.45) is 0 Å². The van der Waals surface area contributed by atoms with Gasteiger partial charge in [-0.1, -0.05) is 42.5 Å². The van der Waals surface area contributed by atoms with E-state index in [4.69, 9.17) is 0 Å². The maximum Gasteiger partial charge on any atom is 0.337 e. The maximum absolute atomic E-state index is 11.5. The fourth-order valence-electron chi connectivity index (χ4n) is 3.05. The molecule has 0 amide bonds. The summed E-state index contributed by atoms with van der Waals surface area (Å²) in [5.74, 6) is -0.868. The van der Waals surface area contributed by atoms with Gasteiger partial charge in [-0.05, 0) is 24.1 Å². The molecule has 0 aromatic heterocycles.